The second-order valence-electron chi connectivity index (χ2n) is 8.03. The molecule has 1 aliphatic rings. The van der Waals surface area contributed by atoms with Crippen LogP contribution in [0.1, 0.15) is 46.1 Å². The average molecular weight is 396 g/mol. The lowest BCUT2D eigenvalue weighted by Crippen LogP contribution is -2.51. The zero-order valence-corrected chi connectivity index (χ0v) is 17.5. The minimum Gasteiger partial charge on any atom is -0.444 e. The summed E-state index contributed by atoms with van der Waals surface area (Å²) in [6.07, 6.45) is 1.18. The number of ether oxygens (including phenoxy) is 1. The van der Waals surface area contributed by atoms with Crippen LogP contribution in [0.15, 0.2) is 18.2 Å². The van der Waals surface area contributed by atoms with E-state index in [-0.39, 0.29) is 24.1 Å². The van der Waals surface area contributed by atoms with E-state index >= 15 is 0 Å². The molecule has 1 fully saturated rings. The van der Waals surface area contributed by atoms with Crippen LogP contribution in [0.2, 0.25) is 5.02 Å². The summed E-state index contributed by atoms with van der Waals surface area (Å²) in [6.45, 7) is 10.8. The third kappa shape index (κ3) is 6.40. The van der Waals surface area contributed by atoms with Crippen molar-refractivity contribution in [2.45, 2.75) is 65.1 Å². The molecule has 1 unspecified atom stereocenters. The Morgan fingerprint density at radius 2 is 1.89 bits per heavy atom. The van der Waals surface area contributed by atoms with Crippen molar-refractivity contribution >= 4 is 29.3 Å². The van der Waals surface area contributed by atoms with E-state index in [2.05, 4.69) is 15.5 Å². The standard InChI is InChI=1S/C20H30ClN3O3/c1-13-16(21)7-6-8-17(13)23-18(25)14(2)24-11-9-15(10-12-24)22-19(26)27-20(3,4)5/h6-8,14-15H,9-12H2,1-5H3,(H,22,26)(H,23,25). The molecular formula is C20H30ClN3O3. The van der Waals surface area contributed by atoms with Gasteiger partial charge in [0, 0.05) is 29.8 Å². The molecule has 7 heteroatoms. The minimum absolute atomic E-state index is 0.0566. The summed E-state index contributed by atoms with van der Waals surface area (Å²) in [6, 6.07) is 5.29. The fraction of sp³-hybridized carbons (Fsp3) is 0.600. The number of anilines is 1. The van der Waals surface area contributed by atoms with E-state index in [1.807, 2.05) is 46.8 Å². The molecule has 1 heterocycles. The van der Waals surface area contributed by atoms with Gasteiger partial charge in [0.25, 0.3) is 0 Å². The summed E-state index contributed by atoms with van der Waals surface area (Å²) in [5, 5.41) is 6.51. The van der Waals surface area contributed by atoms with Gasteiger partial charge in [-0.2, -0.15) is 0 Å². The molecule has 0 spiro atoms. The molecule has 27 heavy (non-hydrogen) atoms. The third-order valence-corrected chi connectivity index (χ3v) is 5.11. The van der Waals surface area contributed by atoms with E-state index in [0.717, 1.165) is 37.2 Å². The molecule has 0 saturated carbocycles. The van der Waals surface area contributed by atoms with Crippen LogP contribution in [-0.2, 0) is 9.53 Å². The number of carbonyl (C=O) groups is 2. The van der Waals surface area contributed by atoms with Crippen LogP contribution < -0.4 is 10.6 Å². The van der Waals surface area contributed by atoms with E-state index in [1.165, 1.54) is 0 Å². The zero-order chi connectivity index (χ0) is 20.2. The number of nitrogens with one attached hydrogen (secondary N) is 2. The Kier molecular flexibility index (Phi) is 7.12. The first-order valence-corrected chi connectivity index (χ1v) is 9.74. The Labute approximate surface area is 166 Å². The highest BCUT2D eigenvalue weighted by Crippen LogP contribution is 2.23. The highest BCUT2D eigenvalue weighted by Gasteiger charge is 2.28. The lowest BCUT2D eigenvalue weighted by molar-refractivity contribution is -0.121. The van der Waals surface area contributed by atoms with Crippen molar-refractivity contribution in [2.24, 2.45) is 0 Å². The Hall–Kier alpha value is -1.79. The maximum Gasteiger partial charge on any atom is 0.407 e. The van der Waals surface area contributed by atoms with E-state index in [0.29, 0.717) is 5.02 Å². The summed E-state index contributed by atoms with van der Waals surface area (Å²) in [5.74, 6) is -0.0566. The van der Waals surface area contributed by atoms with Crippen molar-refractivity contribution < 1.29 is 14.3 Å². The van der Waals surface area contributed by atoms with E-state index < -0.39 is 5.60 Å². The van der Waals surface area contributed by atoms with Crippen LogP contribution in [-0.4, -0.2) is 47.7 Å². The van der Waals surface area contributed by atoms with Crippen LogP contribution in [0.25, 0.3) is 0 Å². The zero-order valence-electron chi connectivity index (χ0n) is 16.8. The highest BCUT2D eigenvalue weighted by molar-refractivity contribution is 6.31. The van der Waals surface area contributed by atoms with Crippen molar-refractivity contribution in [3.63, 3.8) is 0 Å². The van der Waals surface area contributed by atoms with Gasteiger partial charge in [0.1, 0.15) is 5.60 Å². The van der Waals surface area contributed by atoms with Crippen LogP contribution in [0.5, 0.6) is 0 Å². The van der Waals surface area contributed by atoms with E-state index in [9.17, 15) is 9.59 Å². The largest absolute Gasteiger partial charge is 0.444 e. The van der Waals surface area contributed by atoms with Crippen molar-refractivity contribution in [1.82, 2.24) is 10.2 Å². The number of piperidine rings is 1. The predicted molar refractivity (Wildman–Crippen MR) is 108 cm³/mol. The van der Waals surface area contributed by atoms with Gasteiger partial charge in [-0.05, 0) is 65.2 Å². The van der Waals surface area contributed by atoms with Gasteiger partial charge in [-0.3, -0.25) is 9.69 Å². The van der Waals surface area contributed by atoms with Gasteiger partial charge in [-0.1, -0.05) is 17.7 Å². The van der Waals surface area contributed by atoms with Gasteiger partial charge in [0.15, 0.2) is 0 Å². The molecule has 0 aliphatic carbocycles. The maximum atomic E-state index is 12.6. The fourth-order valence-corrected chi connectivity index (χ4v) is 3.23. The summed E-state index contributed by atoms with van der Waals surface area (Å²) in [7, 11) is 0. The number of likely N-dealkylation sites (tertiary alicyclic amines) is 1. The monoisotopic (exact) mass is 395 g/mol. The number of benzene rings is 1. The summed E-state index contributed by atoms with van der Waals surface area (Å²) in [5.41, 5.74) is 1.09. The lowest BCUT2D eigenvalue weighted by Gasteiger charge is -2.35. The van der Waals surface area contributed by atoms with Crippen LogP contribution in [0.4, 0.5) is 10.5 Å². The molecule has 2 N–H and O–H groups in total. The molecule has 2 rings (SSSR count). The number of halogens is 1. The summed E-state index contributed by atoms with van der Waals surface area (Å²) >= 11 is 6.12. The number of rotatable bonds is 4. The Morgan fingerprint density at radius 3 is 2.48 bits per heavy atom. The lowest BCUT2D eigenvalue weighted by atomic mass is 10.0. The van der Waals surface area contributed by atoms with Crippen molar-refractivity contribution in [1.29, 1.82) is 0 Å². The maximum absolute atomic E-state index is 12.6. The Morgan fingerprint density at radius 1 is 1.26 bits per heavy atom. The number of nitrogens with zero attached hydrogens (tertiary/aromatic N) is 1. The van der Waals surface area contributed by atoms with Gasteiger partial charge in [0.2, 0.25) is 5.91 Å². The van der Waals surface area contributed by atoms with Crippen LogP contribution in [0.3, 0.4) is 0 Å². The molecule has 1 atom stereocenters. The molecular weight excluding hydrogens is 366 g/mol. The predicted octanol–water partition coefficient (Wildman–Crippen LogP) is 3.96. The molecule has 1 aromatic carbocycles. The Balaban J connectivity index is 1.83. The third-order valence-electron chi connectivity index (χ3n) is 4.70. The number of carbonyl (C=O) groups excluding carboxylic acids is 2. The first kappa shape index (κ1) is 21.5. The van der Waals surface area contributed by atoms with Crippen LogP contribution >= 0.6 is 11.6 Å². The van der Waals surface area contributed by atoms with Gasteiger partial charge < -0.3 is 15.4 Å². The summed E-state index contributed by atoms with van der Waals surface area (Å²) < 4.78 is 5.30. The fourth-order valence-electron chi connectivity index (χ4n) is 3.05. The minimum atomic E-state index is -0.504. The van der Waals surface area contributed by atoms with Gasteiger partial charge in [-0.25, -0.2) is 4.79 Å². The smallest absolute Gasteiger partial charge is 0.407 e. The molecule has 1 aliphatic heterocycles. The average Bonchev–Trinajstić information content (AvgIpc) is 2.57. The number of hydrogen-bond acceptors (Lipinski definition) is 4. The van der Waals surface area contributed by atoms with Gasteiger partial charge in [0.05, 0.1) is 6.04 Å². The molecule has 1 aromatic rings. The Bertz CT molecular complexity index is 680. The second kappa shape index (κ2) is 8.93. The van der Waals surface area contributed by atoms with E-state index in [1.54, 1.807) is 6.07 Å². The number of amides is 2. The molecule has 6 nitrogen and oxygen atoms in total. The number of alkyl carbamates (subject to hydrolysis) is 1. The highest BCUT2D eigenvalue weighted by atomic mass is 35.5. The first-order chi connectivity index (χ1) is 12.6. The molecule has 1 saturated heterocycles. The van der Waals surface area contributed by atoms with Crippen molar-refractivity contribution in [3.8, 4) is 0 Å². The van der Waals surface area contributed by atoms with Crippen molar-refractivity contribution in [3.05, 3.63) is 28.8 Å². The molecule has 150 valence electrons. The van der Waals surface area contributed by atoms with Gasteiger partial charge in [-0.15, -0.1) is 0 Å². The van der Waals surface area contributed by atoms with Crippen molar-refractivity contribution in [2.75, 3.05) is 18.4 Å². The molecule has 0 bridgehead atoms. The van der Waals surface area contributed by atoms with E-state index in [4.69, 9.17) is 16.3 Å². The quantitative estimate of drug-likeness (QED) is 0.809. The summed E-state index contributed by atoms with van der Waals surface area (Å²) in [4.78, 5) is 26.6. The number of hydrogen-bond donors (Lipinski definition) is 2. The topological polar surface area (TPSA) is 70.7 Å². The second-order valence-corrected chi connectivity index (χ2v) is 8.44. The molecule has 0 aromatic heterocycles. The normalized spacial score (nSPS) is 17.3. The first-order valence-electron chi connectivity index (χ1n) is 9.36. The molecule has 2 amide bonds. The SMILES string of the molecule is Cc1c(Cl)cccc1NC(=O)C(C)N1CCC(NC(=O)OC(C)(C)C)CC1. The van der Waals surface area contributed by atoms with Crippen LogP contribution in [0, 0.1) is 6.92 Å². The molecule has 0 radical (unpaired) electrons. The van der Waals surface area contributed by atoms with Gasteiger partial charge >= 0.3 is 6.09 Å².